The second-order valence-electron chi connectivity index (χ2n) is 6.67. The third kappa shape index (κ3) is 3.99. The lowest BCUT2D eigenvalue weighted by Gasteiger charge is -2.21. The van der Waals surface area contributed by atoms with Crippen LogP contribution >= 0.6 is 0 Å². The molecule has 130 valence electrons. The summed E-state index contributed by atoms with van der Waals surface area (Å²) in [5.41, 5.74) is 1.22. The maximum atomic E-state index is 12.3. The van der Waals surface area contributed by atoms with Crippen molar-refractivity contribution in [1.29, 1.82) is 0 Å². The lowest BCUT2D eigenvalue weighted by molar-refractivity contribution is -0.127. The van der Waals surface area contributed by atoms with Crippen LogP contribution in [0, 0.1) is 0 Å². The van der Waals surface area contributed by atoms with Gasteiger partial charge in [0.25, 0.3) is 0 Å². The van der Waals surface area contributed by atoms with Gasteiger partial charge in [-0.3, -0.25) is 9.69 Å². The molecule has 1 N–H and O–H groups in total. The number of hydrogen-bond acceptors (Lipinski definition) is 3. The van der Waals surface area contributed by atoms with Crippen LogP contribution in [0.1, 0.15) is 31.7 Å². The van der Waals surface area contributed by atoms with Crippen LogP contribution in [0.4, 0.5) is 4.79 Å². The molecule has 1 unspecified atom stereocenters. The number of benzene rings is 1. The summed E-state index contributed by atoms with van der Waals surface area (Å²) >= 11 is 0. The van der Waals surface area contributed by atoms with E-state index in [0.29, 0.717) is 12.7 Å². The van der Waals surface area contributed by atoms with Crippen LogP contribution in [0.15, 0.2) is 24.3 Å². The van der Waals surface area contributed by atoms with Crippen molar-refractivity contribution < 1.29 is 14.3 Å². The van der Waals surface area contributed by atoms with E-state index in [1.807, 2.05) is 36.1 Å². The summed E-state index contributed by atoms with van der Waals surface area (Å²) in [4.78, 5) is 27.6. The zero-order valence-electron chi connectivity index (χ0n) is 14.3. The van der Waals surface area contributed by atoms with Crippen LogP contribution in [-0.2, 0) is 11.2 Å². The Bertz CT molecular complexity index is 598. The lowest BCUT2D eigenvalue weighted by Crippen LogP contribution is -2.43. The fourth-order valence-corrected chi connectivity index (χ4v) is 2.96. The van der Waals surface area contributed by atoms with Gasteiger partial charge in [0.2, 0.25) is 5.91 Å². The normalized spacial score (nSPS) is 18.7. The Morgan fingerprint density at radius 3 is 2.67 bits per heavy atom. The lowest BCUT2D eigenvalue weighted by atomic mass is 10.1. The summed E-state index contributed by atoms with van der Waals surface area (Å²) in [5.74, 6) is 0.914. The van der Waals surface area contributed by atoms with Crippen LogP contribution < -0.4 is 10.1 Å². The zero-order chi connectivity index (χ0) is 17.1. The van der Waals surface area contributed by atoms with Crippen molar-refractivity contribution in [2.24, 2.45) is 0 Å². The Morgan fingerprint density at radius 1 is 1.33 bits per heavy atom. The molecule has 1 atom stereocenters. The fraction of sp³-hybridized carbons (Fsp3) is 0.556. The fourth-order valence-electron chi connectivity index (χ4n) is 2.96. The summed E-state index contributed by atoms with van der Waals surface area (Å²) in [6.07, 6.45) is 3.88. The minimum Gasteiger partial charge on any atom is -0.497 e. The first kappa shape index (κ1) is 16.6. The molecule has 1 aromatic rings. The second-order valence-corrected chi connectivity index (χ2v) is 6.67. The van der Waals surface area contributed by atoms with E-state index in [9.17, 15) is 9.59 Å². The number of aryl methyl sites for hydroxylation is 1. The number of nitrogens with zero attached hydrogens (tertiary/aromatic N) is 2. The van der Waals surface area contributed by atoms with Gasteiger partial charge in [0.05, 0.1) is 13.8 Å². The van der Waals surface area contributed by atoms with Gasteiger partial charge >= 0.3 is 6.03 Å². The highest BCUT2D eigenvalue weighted by atomic mass is 16.5. The van der Waals surface area contributed by atoms with Crippen LogP contribution in [0.25, 0.3) is 0 Å². The van der Waals surface area contributed by atoms with Crippen molar-refractivity contribution >= 4 is 11.9 Å². The van der Waals surface area contributed by atoms with Crippen LogP contribution in [0.3, 0.4) is 0 Å². The molecule has 1 aromatic carbocycles. The number of carbonyl (C=O) groups excluding carboxylic acids is 2. The molecule has 1 heterocycles. The van der Waals surface area contributed by atoms with Gasteiger partial charge in [-0.25, -0.2) is 4.79 Å². The van der Waals surface area contributed by atoms with E-state index in [1.54, 1.807) is 12.0 Å². The van der Waals surface area contributed by atoms with E-state index < -0.39 is 0 Å². The number of nitrogens with one attached hydrogen (secondary N) is 1. The number of rotatable bonds is 6. The number of hydrogen-bond donors (Lipinski definition) is 1. The molecule has 0 bridgehead atoms. The Labute approximate surface area is 142 Å². The first-order valence-electron chi connectivity index (χ1n) is 8.54. The minimum atomic E-state index is -0.145. The van der Waals surface area contributed by atoms with Gasteiger partial charge in [0.15, 0.2) is 0 Å². The van der Waals surface area contributed by atoms with Crippen molar-refractivity contribution in [2.75, 3.05) is 20.3 Å². The summed E-state index contributed by atoms with van der Waals surface area (Å²) in [6, 6.07) is 8.25. The van der Waals surface area contributed by atoms with Crippen molar-refractivity contribution in [3.05, 3.63) is 29.8 Å². The maximum absolute atomic E-state index is 12.3. The molecule has 1 saturated heterocycles. The quantitative estimate of drug-likeness (QED) is 0.867. The van der Waals surface area contributed by atoms with E-state index in [0.717, 1.165) is 31.4 Å². The second kappa shape index (κ2) is 7.11. The topological polar surface area (TPSA) is 61.9 Å². The van der Waals surface area contributed by atoms with E-state index in [2.05, 4.69) is 5.32 Å². The van der Waals surface area contributed by atoms with E-state index >= 15 is 0 Å². The number of methoxy groups -OCH3 is 1. The van der Waals surface area contributed by atoms with Gasteiger partial charge in [-0.1, -0.05) is 12.1 Å². The zero-order valence-corrected chi connectivity index (χ0v) is 14.3. The van der Waals surface area contributed by atoms with Gasteiger partial charge in [-0.15, -0.1) is 0 Å². The van der Waals surface area contributed by atoms with E-state index in [1.165, 1.54) is 5.56 Å². The molecule has 0 radical (unpaired) electrons. The van der Waals surface area contributed by atoms with Crippen molar-refractivity contribution in [3.8, 4) is 5.75 Å². The molecule has 24 heavy (non-hydrogen) atoms. The number of amides is 3. The van der Waals surface area contributed by atoms with Gasteiger partial charge < -0.3 is 15.0 Å². The Morgan fingerprint density at radius 2 is 2.04 bits per heavy atom. The molecular weight excluding hydrogens is 306 g/mol. The first-order valence-corrected chi connectivity index (χ1v) is 8.54. The Balaban J connectivity index is 1.43. The number of ether oxygens (including phenoxy) is 1. The van der Waals surface area contributed by atoms with Crippen molar-refractivity contribution in [2.45, 2.75) is 44.7 Å². The van der Waals surface area contributed by atoms with Crippen LogP contribution in [0.5, 0.6) is 5.75 Å². The number of urea groups is 1. The van der Waals surface area contributed by atoms with Crippen molar-refractivity contribution in [3.63, 3.8) is 0 Å². The predicted molar refractivity (Wildman–Crippen MR) is 90.7 cm³/mol. The first-order chi connectivity index (χ1) is 11.6. The molecule has 0 spiro atoms. The van der Waals surface area contributed by atoms with Gasteiger partial charge in [0.1, 0.15) is 12.3 Å². The molecule has 2 aliphatic rings. The Kier molecular flexibility index (Phi) is 4.92. The van der Waals surface area contributed by atoms with Crippen LogP contribution in [0.2, 0.25) is 0 Å². The van der Waals surface area contributed by atoms with Crippen molar-refractivity contribution in [1.82, 2.24) is 15.1 Å². The predicted octanol–water partition coefficient (Wildman–Crippen LogP) is 1.99. The third-order valence-electron chi connectivity index (χ3n) is 4.64. The average molecular weight is 331 g/mol. The number of carbonyl (C=O) groups is 2. The van der Waals surface area contributed by atoms with Gasteiger partial charge in [-0.2, -0.15) is 0 Å². The molecule has 3 rings (SSSR count). The molecule has 0 aromatic heterocycles. The summed E-state index contributed by atoms with van der Waals surface area (Å²) in [5, 5.41) is 3.00. The van der Waals surface area contributed by atoms with E-state index in [4.69, 9.17) is 4.74 Å². The van der Waals surface area contributed by atoms with Gasteiger partial charge in [0, 0.05) is 12.1 Å². The summed E-state index contributed by atoms with van der Waals surface area (Å²) in [6.45, 7) is 2.63. The molecule has 1 aliphatic heterocycles. The standard InChI is InChI=1S/C18H25N3O3/c1-13(3-4-14-5-9-16(24-2)10-6-14)19-18(23)20-11-17(22)21(12-20)15-7-8-15/h5-6,9-10,13,15H,3-4,7-8,11-12H2,1-2H3,(H,19,23). The van der Waals surface area contributed by atoms with Gasteiger partial charge in [-0.05, 0) is 50.3 Å². The Hall–Kier alpha value is -2.24. The molecule has 6 nitrogen and oxygen atoms in total. The highest BCUT2D eigenvalue weighted by Gasteiger charge is 2.39. The molecule has 2 fully saturated rings. The minimum absolute atomic E-state index is 0.0599. The monoisotopic (exact) mass is 331 g/mol. The average Bonchev–Trinajstić information content (AvgIpc) is 3.35. The highest BCUT2D eigenvalue weighted by Crippen LogP contribution is 2.29. The molecule has 1 saturated carbocycles. The highest BCUT2D eigenvalue weighted by molar-refractivity contribution is 5.87. The maximum Gasteiger partial charge on any atom is 0.319 e. The van der Waals surface area contributed by atoms with E-state index in [-0.39, 0.29) is 24.5 Å². The SMILES string of the molecule is COc1ccc(CCC(C)NC(=O)N2CC(=O)N(C3CC3)C2)cc1. The molecule has 1 aliphatic carbocycles. The molecule has 3 amide bonds. The van der Waals surface area contributed by atoms with Crippen LogP contribution in [-0.4, -0.2) is 54.1 Å². The molecule has 6 heteroatoms. The molecular formula is C18H25N3O3. The third-order valence-corrected chi connectivity index (χ3v) is 4.64. The summed E-state index contributed by atoms with van der Waals surface area (Å²) < 4.78 is 5.15. The summed E-state index contributed by atoms with van der Waals surface area (Å²) in [7, 11) is 1.65. The smallest absolute Gasteiger partial charge is 0.319 e. The largest absolute Gasteiger partial charge is 0.497 e.